The molecule has 130 valence electrons. The van der Waals surface area contributed by atoms with Gasteiger partial charge in [-0.2, -0.15) is 0 Å². The number of nitrogens with one attached hydrogen (secondary N) is 1. The van der Waals surface area contributed by atoms with Crippen LogP contribution < -0.4 is 40.0 Å². The standard InChI is InChI=1S/C18H24N2O4.Na/c1-11(2)8-13(10-16(21)22)17(23)19-14-4-5-15-12(9-14)6-7-20(3)18(15)24;/h4-5,9,11,13H,6-8,10H2,1-3H3,(H,19,23)(H,21,22);/q;+1/p-1. The number of carboxylic acids is 1. The van der Waals surface area contributed by atoms with Crippen LogP contribution in [-0.2, 0) is 16.0 Å². The summed E-state index contributed by atoms with van der Waals surface area (Å²) in [6.07, 6.45) is 0.919. The van der Waals surface area contributed by atoms with Crippen molar-refractivity contribution in [3.8, 4) is 0 Å². The van der Waals surface area contributed by atoms with Crippen LogP contribution in [0.3, 0.4) is 0 Å². The zero-order chi connectivity index (χ0) is 17.9. The molecule has 1 heterocycles. The SMILES string of the molecule is CC(C)CC(CC(=O)[O-])C(=O)Nc1ccc2c(c1)CCN(C)C2=O.[Na+]. The second kappa shape index (κ2) is 9.36. The molecular weight excluding hydrogens is 331 g/mol. The summed E-state index contributed by atoms with van der Waals surface area (Å²) in [7, 11) is 1.76. The van der Waals surface area contributed by atoms with Crippen molar-refractivity contribution in [3.05, 3.63) is 29.3 Å². The number of amides is 2. The molecule has 1 aliphatic heterocycles. The molecule has 1 aliphatic rings. The number of anilines is 1. The van der Waals surface area contributed by atoms with Gasteiger partial charge in [-0.3, -0.25) is 9.59 Å². The number of carbonyl (C=O) groups is 3. The van der Waals surface area contributed by atoms with E-state index in [9.17, 15) is 19.5 Å². The minimum Gasteiger partial charge on any atom is -0.550 e. The molecular formula is C18H23N2NaO4. The van der Waals surface area contributed by atoms with Gasteiger partial charge in [-0.15, -0.1) is 0 Å². The van der Waals surface area contributed by atoms with Crippen molar-refractivity contribution in [1.29, 1.82) is 0 Å². The zero-order valence-corrected chi connectivity index (χ0v) is 17.3. The van der Waals surface area contributed by atoms with Crippen molar-refractivity contribution < 1.29 is 49.0 Å². The molecule has 0 spiro atoms. The van der Waals surface area contributed by atoms with E-state index < -0.39 is 11.9 Å². The van der Waals surface area contributed by atoms with Gasteiger partial charge in [-0.1, -0.05) is 13.8 Å². The maximum atomic E-state index is 12.4. The number of rotatable bonds is 6. The average Bonchev–Trinajstić information content (AvgIpc) is 2.49. The molecule has 0 saturated carbocycles. The predicted molar refractivity (Wildman–Crippen MR) is 88.3 cm³/mol. The second-order valence-corrected chi connectivity index (χ2v) is 6.74. The van der Waals surface area contributed by atoms with E-state index in [1.165, 1.54) is 0 Å². The van der Waals surface area contributed by atoms with E-state index in [4.69, 9.17) is 0 Å². The number of hydrogen-bond acceptors (Lipinski definition) is 4. The Morgan fingerprint density at radius 2 is 2.00 bits per heavy atom. The fraction of sp³-hybridized carbons (Fsp3) is 0.500. The van der Waals surface area contributed by atoms with E-state index in [1.807, 2.05) is 13.8 Å². The summed E-state index contributed by atoms with van der Waals surface area (Å²) in [5, 5.41) is 13.6. The van der Waals surface area contributed by atoms with Gasteiger partial charge in [0, 0.05) is 36.7 Å². The van der Waals surface area contributed by atoms with Crippen LogP contribution in [0, 0.1) is 11.8 Å². The van der Waals surface area contributed by atoms with E-state index in [0.29, 0.717) is 24.2 Å². The van der Waals surface area contributed by atoms with Gasteiger partial charge in [-0.25, -0.2) is 0 Å². The number of benzene rings is 1. The van der Waals surface area contributed by atoms with E-state index in [-0.39, 0.29) is 53.7 Å². The van der Waals surface area contributed by atoms with Gasteiger partial charge in [0.25, 0.3) is 5.91 Å². The van der Waals surface area contributed by atoms with Gasteiger partial charge >= 0.3 is 29.6 Å². The van der Waals surface area contributed by atoms with Crippen LogP contribution in [0.5, 0.6) is 0 Å². The largest absolute Gasteiger partial charge is 1.00 e. The fourth-order valence-corrected chi connectivity index (χ4v) is 2.98. The fourth-order valence-electron chi connectivity index (χ4n) is 2.98. The summed E-state index contributed by atoms with van der Waals surface area (Å²) in [6.45, 7) is 4.52. The molecule has 0 aliphatic carbocycles. The Balaban J connectivity index is 0.00000312. The molecule has 0 radical (unpaired) electrons. The molecule has 2 rings (SSSR count). The van der Waals surface area contributed by atoms with Crippen molar-refractivity contribution in [1.82, 2.24) is 4.90 Å². The van der Waals surface area contributed by atoms with Crippen LogP contribution in [0.4, 0.5) is 5.69 Å². The molecule has 0 saturated heterocycles. The van der Waals surface area contributed by atoms with Crippen molar-refractivity contribution in [3.63, 3.8) is 0 Å². The number of nitrogens with zero attached hydrogens (tertiary/aromatic N) is 1. The van der Waals surface area contributed by atoms with Crippen LogP contribution in [-0.4, -0.2) is 36.3 Å². The molecule has 7 heteroatoms. The number of aliphatic carboxylic acids is 1. The third-order valence-corrected chi connectivity index (χ3v) is 4.21. The molecule has 1 N–H and O–H groups in total. The number of carboxylic acid groups (broad SMARTS) is 1. The van der Waals surface area contributed by atoms with E-state index in [1.54, 1.807) is 30.1 Å². The quantitative estimate of drug-likeness (QED) is 0.602. The van der Waals surface area contributed by atoms with Gasteiger partial charge < -0.3 is 20.1 Å². The molecule has 1 aromatic carbocycles. The number of carbonyl (C=O) groups excluding carboxylic acids is 3. The molecule has 0 bridgehead atoms. The molecule has 1 aromatic rings. The van der Waals surface area contributed by atoms with Crippen LogP contribution >= 0.6 is 0 Å². The second-order valence-electron chi connectivity index (χ2n) is 6.74. The Morgan fingerprint density at radius 3 is 2.60 bits per heavy atom. The monoisotopic (exact) mass is 354 g/mol. The first-order valence-electron chi connectivity index (χ1n) is 8.17. The summed E-state index contributed by atoms with van der Waals surface area (Å²) in [4.78, 5) is 37.0. The first-order valence-corrected chi connectivity index (χ1v) is 8.17. The summed E-state index contributed by atoms with van der Waals surface area (Å²) in [5.74, 6) is -2.00. The topological polar surface area (TPSA) is 89.5 Å². The summed E-state index contributed by atoms with van der Waals surface area (Å²) < 4.78 is 0. The molecule has 1 unspecified atom stereocenters. The minimum absolute atomic E-state index is 0. The molecule has 6 nitrogen and oxygen atoms in total. The Labute approximate surface area is 170 Å². The van der Waals surface area contributed by atoms with Gasteiger partial charge in [-0.05, 0) is 48.9 Å². The number of hydrogen-bond donors (Lipinski definition) is 1. The van der Waals surface area contributed by atoms with E-state index in [0.717, 1.165) is 12.0 Å². The molecule has 2 amide bonds. The number of fused-ring (bicyclic) bond motifs is 1. The van der Waals surface area contributed by atoms with Crippen LogP contribution in [0.2, 0.25) is 0 Å². The zero-order valence-electron chi connectivity index (χ0n) is 15.3. The maximum Gasteiger partial charge on any atom is 1.00 e. The van der Waals surface area contributed by atoms with Crippen LogP contribution in [0.15, 0.2) is 18.2 Å². The van der Waals surface area contributed by atoms with Gasteiger partial charge in [0.05, 0.1) is 0 Å². The summed E-state index contributed by atoms with van der Waals surface area (Å²) in [6, 6.07) is 5.18. The van der Waals surface area contributed by atoms with Crippen molar-refractivity contribution >= 4 is 23.5 Å². The van der Waals surface area contributed by atoms with E-state index in [2.05, 4.69) is 5.32 Å². The summed E-state index contributed by atoms with van der Waals surface area (Å²) in [5.41, 5.74) is 2.13. The third kappa shape index (κ3) is 5.83. The van der Waals surface area contributed by atoms with Gasteiger partial charge in [0.1, 0.15) is 0 Å². The third-order valence-electron chi connectivity index (χ3n) is 4.21. The van der Waals surface area contributed by atoms with Gasteiger partial charge in [0.15, 0.2) is 0 Å². The Morgan fingerprint density at radius 1 is 1.32 bits per heavy atom. The first-order chi connectivity index (χ1) is 11.3. The van der Waals surface area contributed by atoms with E-state index >= 15 is 0 Å². The Kier molecular flexibility index (Phi) is 8.12. The maximum absolute atomic E-state index is 12.4. The van der Waals surface area contributed by atoms with Crippen LogP contribution in [0.1, 0.15) is 42.6 Å². The Hall–Kier alpha value is -1.37. The average molecular weight is 354 g/mol. The van der Waals surface area contributed by atoms with Crippen molar-refractivity contribution in [2.75, 3.05) is 18.9 Å². The smallest absolute Gasteiger partial charge is 0.550 e. The van der Waals surface area contributed by atoms with Gasteiger partial charge in [0.2, 0.25) is 5.91 Å². The predicted octanol–water partition coefficient (Wildman–Crippen LogP) is -1.94. The van der Waals surface area contributed by atoms with Crippen molar-refractivity contribution in [2.45, 2.75) is 33.1 Å². The van der Waals surface area contributed by atoms with Crippen molar-refractivity contribution in [2.24, 2.45) is 11.8 Å². The van der Waals surface area contributed by atoms with Crippen LogP contribution in [0.25, 0.3) is 0 Å². The normalized spacial score (nSPS) is 14.6. The Bertz CT molecular complexity index is 660. The first kappa shape index (κ1) is 21.7. The molecule has 25 heavy (non-hydrogen) atoms. The summed E-state index contributed by atoms with van der Waals surface area (Å²) >= 11 is 0. The molecule has 0 aromatic heterocycles. The number of likely N-dealkylation sites (N-methyl/N-ethyl adjacent to an activating group) is 1. The molecule has 0 fully saturated rings. The minimum atomic E-state index is -1.23. The molecule has 1 atom stereocenters.